The van der Waals surface area contributed by atoms with Crippen LogP contribution >= 0.6 is 0 Å². The highest BCUT2D eigenvalue weighted by Gasteiger charge is 2.34. The Bertz CT molecular complexity index is 1160. The Morgan fingerprint density at radius 1 is 0.909 bits per heavy atom. The van der Waals surface area contributed by atoms with Gasteiger partial charge in [-0.05, 0) is 53.9 Å². The summed E-state index contributed by atoms with van der Waals surface area (Å²) in [5, 5.41) is 4.47. The summed E-state index contributed by atoms with van der Waals surface area (Å²) >= 11 is 0. The topological polar surface area (TPSA) is 58.2 Å². The minimum absolute atomic E-state index is 0.130. The van der Waals surface area contributed by atoms with E-state index in [0.29, 0.717) is 11.6 Å². The van der Waals surface area contributed by atoms with E-state index in [9.17, 15) is 31.5 Å². The van der Waals surface area contributed by atoms with E-state index < -0.39 is 40.9 Å². The van der Waals surface area contributed by atoms with Gasteiger partial charge in [-0.3, -0.25) is 9.59 Å². The number of benzene rings is 3. The number of hydrogen-bond donors (Lipinski definition) is 2. The predicted molar refractivity (Wildman–Crippen MR) is 114 cm³/mol. The highest BCUT2D eigenvalue weighted by atomic mass is 19.4. The van der Waals surface area contributed by atoms with Crippen molar-refractivity contribution in [1.29, 1.82) is 0 Å². The number of anilines is 2. The molecule has 0 heterocycles. The molecule has 172 valence electrons. The summed E-state index contributed by atoms with van der Waals surface area (Å²) in [7, 11) is 0. The SMILES string of the molecule is CC(CC(=O)Nc1ccc(NC(=O)c2ccccc2F)cc1C(F)(F)F)c1ccc(F)cc1. The first-order valence-electron chi connectivity index (χ1n) is 9.87. The maximum atomic E-state index is 13.8. The summed E-state index contributed by atoms with van der Waals surface area (Å²) in [6.07, 6.45) is -4.96. The third-order valence-electron chi connectivity index (χ3n) is 4.91. The molecule has 0 fully saturated rings. The second-order valence-corrected chi connectivity index (χ2v) is 7.40. The van der Waals surface area contributed by atoms with Crippen LogP contribution in [0.4, 0.5) is 33.3 Å². The number of alkyl halides is 3. The normalized spacial score (nSPS) is 12.2. The molecule has 2 N–H and O–H groups in total. The summed E-state index contributed by atoms with van der Waals surface area (Å²) in [6, 6.07) is 13.4. The maximum absolute atomic E-state index is 13.8. The Morgan fingerprint density at radius 2 is 1.58 bits per heavy atom. The van der Waals surface area contributed by atoms with Crippen LogP contribution in [0.3, 0.4) is 0 Å². The molecule has 0 aliphatic heterocycles. The van der Waals surface area contributed by atoms with E-state index in [1.807, 2.05) is 0 Å². The fraction of sp³-hybridized carbons (Fsp3) is 0.167. The van der Waals surface area contributed by atoms with E-state index >= 15 is 0 Å². The first-order valence-corrected chi connectivity index (χ1v) is 9.87. The molecule has 3 aromatic carbocycles. The van der Waals surface area contributed by atoms with Gasteiger partial charge in [0.05, 0.1) is 16.8 Å². The van der Waals surface area contributed by atoms with Crippen LogP contribution < -0.4 is 10.6 Å². The van der Waals surface area contributed by atoms with Gasteiger partial charge in [0.1, 0.15) is 11.6 Å². The maximum Gasteiger partial charge on any atom is 0.418 e. The molecule has 0 radical (unpaired) electrons. The molecule has 0 saturated carbocycles. The van der Waals surface area contributed by atoms with Crippen LogP contribution in [-0.4, -0.2) is 11.8 Å². The Balaban J connectivity index is 1.76. The van der Waals surface area contributed by atoms with E-state index in [2.05, 4.69) is 10.6 Å². The number of carbonyl (C=O) groups is 2. The molecule has 2 amide bonds. The van der Waals surface area contributed by atoms with E-state index in [1.54, 1.807) is 6.92 Å². The molecule has 0 aromatic heterocycles. The standard InChI is InChI=1S/C24H19F5N2O2/c1-14(15-6-8-16(25)9-7-15)12-22(32)31-21-11-10-17(13-19(21)24(27,28)29)30-23(33)18-4-2-3-5-20(18)26/h2-11,13-14H,12H2,1H3,(H,30,33)(H,31,32). The minimum atomic E-state index is -4.83. The summed E-state index contributed by atoms with van der Waals surface area (Å²) in [5.41, 5.74) is -1.53. The summed E-state index contributed by atoms with van der Waals surface area (Å²) in [6.45, 7) is 1.69. The van der Waals surface area contributed by atoms with Crippen molar-refractivity contribution in [3.8, 4) is 0 Å². The second-order valence-electron chi connectivity index (χ2n) is 7.40. The third-order valence-corrected chi connectivity index (χ3v) is 4.91. The molecule has 3 aromatic rings. The van der Waals surface area contributed by atoms with Crippen LogP contribution in [0.1, 0.15) is 40.7 Å². The average Bonchev–Trinajstić information content (AvgIpc) is 2.74. The van der Waals surface area contributed by atoms with E-state index in [0.717, 1.165) is 12.1 Å². The van der Waals surface area contributed by atoms with Crippen molar-refractivity contribution in [1.82, 2.24) is 0 Å². The smallest absolute Gasteiger partial charge is 0.325 e. The Morgan fingerprint density at radius 3 is 2.21 bits per heavy atom. The van der Waals surface area contributed by atoms with Crippen LogP contribution in [0.15, 0.2) is 66.7 Å². The molecule has 0 spiro atoms. The molecule has 33 heavy (non-hydrogen) atoms. The van der Waals surface area contributed by atoms with Crippen LogP contribution in [0.25, 0.3) is 0 Å². The van der Waals surface area contributed by atoms with Crippen molar-refractivity contribution in [2.24, 2.45) is 0 Å². The average molecular weight is 462 g/mol. The van der Waals surface area contributed by atoms with Crippen LogP contribution in [0.5, 0.6) is 0 Å². The van der Waals surface area contributed by atoms with Gasteiger partial charge in [0, 0.05) is 12.1 Å². The molecular formula is C24H19F5N2O2. The monoisotopic (exact) mass is 462 g/mol. The molecule has 4 nitrogen and oxygen atoms in total. The quantitative estimate of drug-likeness (QED) is 0.419. The van der Waals surface area contributed by atoms with Crippen molar-refractivity contribution in [2.75, 3.05) is 10.6 Å². The lowest BCUT2D eigenvalue weighted by molar-refractivity contribution is -0.136. The summed E-state index contributed by atoms with van der Waals surface area (Å²) < 4.78 is 67.6. The predicted octanol–water partition coefficient (Wildman–Crippen LogP) is 6.37. The highest BCUT2D eigenvalue weighted by molar-refractivity contribution is 6.04. The molecule has 0 bridgehead atoms. The van der Waals surface area contributed by atoms with Crippen LogP contribution in [0, 0.1) is 11.6 Å². The lowest BCUT2D eigenvalue weighted by Crippen LogP contribution is -2.19. The Kier molecular flexibility index (Phi) is 7.10. The van der Waals surface area contributed by atoms with Gasteiger partial charge >= 0.3 is 6.18 Å². The first-order chi connectivity index (χ1) is 15.5. The number of carbonyl (C=O) groups excluding carboxylic acids is 2. The molecule has 1 atom stereocenters. The number of rotatable bonds is 6. The Hall–Kier alpha value is -3.75. The number of nitrogens with one attached hydrogen (secondary N) is 2. The third kappa shape index (κ3) is 6.15. The first kappa shape index (κ1) is 23.9. The minimum Gasteiger partial charge on any atom is -0.325 e. The molecule has 0 aliphatic rings. The summed E-state index contributed by atoms with van der Waals surface area (Å²) in [4.78, 5) is 24.6. The van der Waals surface area contributed by atoms with E-state index in [-0.39, 0.29) is 23.6 Å². The fourth-order valence-electron chi connectivity index (χ4n) is 3.20. The van der Waals surface area contributed by atoms with Gasteiger partial charge in [-0.15, -0.1) is 0 Å². The molecule has 1 unspecified atom stereocenters. The van der Waals surface area contributed by atoms with E-state index in [4.69, 9.17) is 0 Å². The van der Waals surface area contributed by atoms with Crippen molar-refractivity contribution in [3.63, 3.8) is 0 Å². The van der Waals surface area contributed by atoms with Gasteiger partial charge in [-0.25, -0.2) is 8.78 Å². The van der Waals surface area contributed by atoms with Gasteiger partial charge in [-0.1, -0.05) is 31.2 Å². The largest absolute Gasteiger partial charge is 0.418 e. The van der Waals surface area contributed by atoms with Crippen molar-refractivity contribution < 1.29 is 31.5 Å². The lowest BCUT2D eigenvalue weighted by atomic mass is 9.97. The number of hydrogen-bond acceptors (Lipinski definition) is 2. The van der Waals surface area contributed by atoms with Gasteiger partial charge in [0.2, 0.25) is 5.91 Å². The highest BCUT2D eigenvalue weighted by Crippen LogP contribution is 2.37. The molecule has 3 rings (SSSR count). The zero-order valence-electron chi connectivity index (χ0n) is 17.3. The molecule has 0 aliphatic carbocycles. The Labute approximate surface area is 186 Å². The zero-order valence-corrected chi connectivity index (χ0v) is 17.3. The van der Waals surface area contributed by atoms with Gasteiger partial charge in [0.25, 0.3) is 5.91 Å². The zero-order chi connectivity index (χ0) is 24.2. The van der Waals surface area contributed by atoms with Crippen molar-refractivity contribution in [2.45, 2.75) is 25.4 Å². The van der Waals surface area contributed by atoms with Crippen molar-refractivity contribution in [3.05, 3.63) is 95.1 Å². The summed E-state index contributed by atoms with van der Waals surface area (Å²) in [5.74, 6) is -3.19. The number of amides is 2. The fourth-order valence-corrected chi connectivity index (χ4v) is 3.20. The van der Waals surface area contributed by atoms with Gasteiger partial charge < -0.3 is 10.6 Å². The van der Waals surface area contributed by atoms with Crippen LogP contribution in [0.2, 0.25) is 0 Å². The molecular weight excluding hydrogens is 443 g/mol. The van der Waals surface area contributed by atoms with E-state index in [1.165, 1.54) is 48.5 Å². The second kappa shape index (κ2) is 9.81. The van der Waals surface area contributed by atoms with Gasteiger partial charge in [0.15, 0.2) is 0 Å². The molecule has 9 heteroatoms. The van der Waals surface area contributed by atoms with Crippen molar-refractivity contribution >= 4 is 23.2 Å². The van der Waals surface area contributed by atoms with Crippen LogP contribution in [-0.2, 0) is 11.0 Å². The lowest BCUT2D eigenvalue weighted by Gasteiger charge is -2.17. The molecule has 0 saturated heterocycles. The number of halogens is 5. The van der Waals surface area contributed by atoms with Gasteiger partial charge in [-0.2, -0.15) is 13.2 Å².